The molecule has 1 aliphatic carbocycles. The Morgan fingerprint density at radius 1 is 1.18 bits per heavy atom. The van der Waals surface area contributed by atoms with Gasteiger partial charge in [-0.2, -0.15) is 0 Å². The molecule has 1 aliphatic rings. The van der Waals surface area contributed by atoms with Gasteiger partial charge in [0.25, 0.3) is 5.91 Å². The van der Waals surface area contributed by atoms with Gasteiger partial charge in [-0.25, -0.2) is 18.1 Å². The number of nitrogens with one attached hydrogen (secondary N) is 2. The lowest BCUT2D eigenvalue weighted by Crippen LogP contribution is -2.58. The van der Waals surface area contributed by atoms with Crippen molar-refractivity contribution in [3.8, 4) is 11.3 Å². The number of allylic oxidation sites excluding steroid dienone is 3. The van der Waals surface area contributed by atoms with E-state index in [1.807, 2.05) is 54.6 Å². The monoisotopic (exact) mass is 555 g/mol. The van der Waals surface area contributed by atoms with Crippen molar-refractivity contribution in [3.05, 3.63) is 78.0 Å². The van der Waals surface area contributed by atoms with Gasteiger partial charge < -0.3 is 10.8 Å². The molecule has 3 unspecified atom stereocenters. The fraction of sp³-hybridized carbons (Fsp3) is 0.448. The molecule has 1 aromatic carbocycles. The summed E-state index contributed by atoms with van der Waals surface area (Å²) in [6, 6.07) is 11.9. The summed E-state index contributed by atoms with van der Waals surface area (Å²) in [7, 11) is -3.65. The Hall–Kier alpha value is -2.89. The highest BCUT2D eigenvalue weighted by atomic mass is 32.2. The van der Waals surface area contributed by atoms with E-state index >= 15 is 0 Å². The number of benzene rings is 1. The second-order valence-corrected chi connectivity index (χ2v) is 13.0. The quantitative estimate of drug-likeness (QED) is 0.296. The Labute approximate surface area is 232 Å². The maximum Gasteiger partial charge on any atom is 0.252 e. The SMILES string of the molecule is CC(C)(C)C(NS(C)(=O)=O)C(=O)NN(Cc1ccc(-c2ccccn2)cc1)CC(O)C(N)CC1=CC=CCC1. The van der Waals surface area contributed by atoms with Crippen LogP contribution in [0.15, 0.2) is 72.5 Å². The Morgan fingerprint density at radius 3 is 2.46 bits per heavy atom. The highest BCUT2D eigenvalue weighted by molar-refractivity contribution is 7.88. The summed E-state index contributed by atoms with van der Waals surface area (Å²) in [5.41, 5.74) is 12.4. The first-order valence-electron chi connectivity index (χ1n) is 13.1. The molecule has 5 N–H and O–H groups in total. The van der Waals surface area contributed by atoms with Crippen LogP contribution < -0.4 is 15.9 Å². The lowest BCUT2D eigenvalue weighted by atomic mass is 9.87. The van der Waals surface area contributed by atoms with Crippen molar-refractivity contribution in [1.29, 1.82) is 0 Å². The van der Waals surface area contributed by atoms with Crippen molar-refractivity contribution in [3.63, 3.8) is 0 Å². The maximum absolute atomic E-state index is 13.4. The van der Waals surface area contributed by atoms with Gasteiger partial charge in [0, 0.05) is 30.9 Å². The van der Waals surface area contributed by atoms with Crippen LogP contribution >= 0.6 is 0 Å². The topological polar surface area (TPSA) is 138 Å². The summed E-state index contributed by atoms with van der Waals surface area (Å²) >= 11 is 0. The number of aliphatic hydroxyl groups excluding tert-OH is 1. The van der Waals surface area contributed by atoms with E-state index in [2.05, 4.69) is 21.2 Å². The Balaban J connectivity index is 1.79. The van der Waals surface area contributed by atoms with E-state index in [0.717, 1.165) is 35.9 Å². The van der Waals surface area contributed by atoms with Gasteiger partial charge in [0.15, 0.2) is 0 Å². The van der Waals surface area contributed by atoms with Crippen LogP contribution in [0.1, 0.15) is 45.6 Å². The summed E-state index contributed by atoms with van der Waals surface area (Å²) in [5.74, 6) is -0.515. The predicted octanol–water partition coefficient (Wildman–Crippen LogP) is 2.90. The molecule has 1 heterocycles. The molecular formula is C29H41N5O4S. The minimum absolute atomic E-state index is 0.0633. The minimum Gasteiger partial charge on any atom is -0.390 e. The number of nitrogens with two attached hydrogens (primary N) is 1. The Bertz CT molecular complexity index is 1250. The molecule has 39 heavy (non-hydrogen) atoms. The van der Waals surface area contributed by atoms with Gasteiger partial charge in [0.1, 0.15) is 6.04 Å². The van der Waals surface area contributed by atoms with E-state index in [1.54, 1.807) is 32.0 Å². The third-order valence-electron chi connectivity index (χ3n) is 6.52. The van der Waals surface area contributed by atoms with Crippen molar-refractivity contribution >= 4 is 15.9 Å². The summed E-state index contributed by atoms with van der Waals surface area (Å²) in [4.78, 5) is 17.7. The molecule has 3 atom stereocenters. The zero-order chi connectivity index (χ0) is 28.6. The number of carbonyl (C=O) groups excluding carboxylic acids is 1. The lowest BCUT2D eigenvalue weighted by Gasteiger charge is -2.34. The molecule has 0 aliphatic heterocycles. The third-order valence-corrected chi connectivity index (χ3v) is 7.18. The molecule has 0 radical (unpaired) electrons. The van der Waals surface area contributed by atoms with E-state index in [1.165, 1.54) is 5.57 Å². The van der Waals surface area contributed by atoms with Gasteiger partial charge in [-0.05, 0) is 42.4 Å². The summed E-state index contributed by atoms with van der Waals surface area (Å²) in [6.45, 7) is 5.70. The molecule has 0 bridgehead atoms. The van der Waals surface area contributed by atoms with Crippen LogP contribution in [-0.2, 0) is 21.4 Å². The molecule has 0 fully saturated rings. The minimum atomic E-state index is -3.65. The van der Waals surface area contributed by atoms with Crippen LogP contribution in [0, 0.1) is 5.41 Å². The number of rotatable bonds is 12. The van der Waals surface area contributed by atoms with Gasteiger partial charge in [-0.3, -0.25) is 15.2 Å². The first kappa shape index (κ1) is 30.6. The Morgan fingerprint density at radius 2 is 1.90 bits per heavy atom. The van der Waals surface area contributed by atoms with Crippen molar-refractivity contribution < 1.29 is 18.3 Å². The number of aliphatic hydroxyl groups is 1. The molecule has 0 saturated heterocycles. The molecular weight excluding hydrogens is 514 g/mol. The van der Waals surface area contributed by atoms with Gasteiger partial charge in [0.2, 0.25) is 10.0 Å². The number of carbonyl (C=O) groups is 1. The van der Waals surface area contributed by atoms with Crippen molar-refractivity contribution in [2.24, 2.45) is 11.1 Å². The van der Waals surface area contributed by atoms with Gasteiger partial charge in [-0.15, -0.1) is 0 Å². The lowest BCUT2D eigenvalue weighted by molar-refractivity contribution is -0.131. The average molecular weight is 556 g/mol. The summed E-state index contributed by atoms with van der Waals surface area (Å²) < 4.78 is 26.4. The highest BCUT2D eigenvalue weighted by Crippen LogP contribution is 2.22. The molecule has 1 aromatic heterocycles. The molecule has 3 rings (SSSR count). The second-order valence-electron chi connectivity index (χ2n) is 11.2. The van der Waals surface area contributed by atoms with Crippen molar-refractivity contribution in [1.82, 2.24) is 20.1 Å². The number of sulfonamides is 1. The standard InChI is InChI=1S/C29H41N5O4S/c1-29(2,3)27(33-39(4,37)38)28(36)32-34(20-26(35)24(30)18-21-10-6-5-7-11-21)19-22-13-15-23(16-14-22)25-12-8-9-17-31-25/h5-6,8-10,12-17,24,26-27,33,35H,7,11,18-20,30H2,1-4H3,(H,32,36). The predicted molar refractivity (Wildman–Crippen MR) is 155 cm³/mol. The number of hydrogen-bond donors (Lipinski definition) is 4. The molecule has 2 aromatic rings. The summed E-state index contributed by atoms with van der Waals surface area (Å²) in [5, 5.41) is 12.6. The average Bonchev–Trinajstić information content (AvgIpc) is 2.87. The number of hydrogen-bond acceptors (Lipinski definition) is 7. The fourth-order valence-electron chi connectivity index (χ4n) is 4.37. The number of amides is 1. The first-order valence-corrected chi connectivity index (χ1v) is 15.0. The highest BCUT2D eigenvalue weighted by Gasteiger charge is 2.35. The van der Waals surface area contributed by atoms with E-state index < -0.39 is 39.5 Å². The second kappa shape index (κ2) is 13.5. The third kappa shape index (κ3) is 9.98. The van der Waals surface area contributed by atoms with Crippen LogP contribution in [0.5, 0.6) is 0 Å². The van der Waals surface area contributed by atoms with E-state index in [9.17, 15) is 18.3 Å². The smallest absolute Gasteiger partial charge is 0.252 e. The number of pyridine rings is 1. The molecule has 0 spiro atoms. The molecule has 1 amide bonds. The van der Waals surface area contributed by atoms with Crippen LogP contribution in [0.4, 0.5) is 0 Å². The van der Waals surface area contributed by atoms with E-state index in [4.69, 9.17) is 5.73 Å². The fourth-order valence-corrected chi connectivity index (χ4v) is 5.25. The van der Waals surface area contributed by atoms with Crippen molar-refractivity contribution in [2.45, 2.75) is 64.8 Å². The van der Waals surface area contributed by atoms with Gasteiger partial charge >= 0.3 is 0 Å². The van der Waals surface area contributed by atoms with E-state index in [0.29, 0.717) is 6.42 Å². The summed E-state index contributed by atoms with van der Waals surface area (Å²) in [6.07, 6.45) is 10.4. The van der Waals surface area contributed by atoms with Gasteiger partial charge in [-0.1, -0.05) is 74.9 Å². The maximum atomic E-state index is 13.4. The van der Waals surface area contributed by atoms with Crippen molar-refractivity contribution in [2.75, 3.05) is 12.8 Å². The largest absolute Gasteiger partial charge is 0.390 e. The number of nitrogens with zero attached hydrogens (tertiary/aromatic N) is 2. The zero-order valence-corrected chi connectivity index (χ0v) is 24.0. The van der Waals surface area contributed by atoms with Crippen LogP contribution in [0.2, 0.25) is 0 Å². The Kier molecular flexibility index (Phi) is 10.6. The number of hydrazine groups is 1. The molecule has 10 heteroatoms. The van der Waals surface area contributed by atoms with Crippen LogP contribution in [0.25, 0.3) is 11.3 Å². The van der Waals surface area contributed by atoms with Crippen LogP contribution in [-0.4, -0.2) is 60.4 Å². The molecule has 0 saturated carbocycles. The molecule has 212 valence electrons. The molecule has 9 nitrogen and oxygen atoms in total. The first-order chi connectivity index (χ1) is 18.3. The van der Waals surface area contributed by atoms with Gasteiger partial charge in [0.05, 0.1) is 18.1 Å². The normalized spacial score (nSPS) is 16.4. The van der Waals surface area contributed by atoms with Crippen LogP contribution in [0.3, 0.4) is 0 Å². The zero-order valence-electron chi connectivity index (χ0n) is 23.2. The number of aromatic nitrogens is 1. The van der Waals surface area contributed by atoms with E-state index in [-0.39, 0.29) is 13.1 Å².